The van der Waals surface area contributed by atoms with E-state index >= 15 is 0 Å². The summed E-state index contributed by atoms with van der Waals surface area (Å²) in [6, 6.07) is 5.28. The molecule has 2 heterocycles. The third kappa shape index (κ3) is 3.95. The maximum Gasteiger partial charge on any atom is 0.0644 e. The zero-order valence-corrected chi connectivity index (χ0v) is 14.4. The summed E-state index contributed by atoms with van der Waals surface area (Å²) in [7, 11) is 0. The van der Waals surface area contributed by atoms with Crippen LogP contribution < -0.4 is 5.32 Å². The summed E-state index contributed by atoms with van der Waals surface area (Å²) in [6.07, 6.45) is 5.37. The fourth-order valence-corrected chi connectivity index (χ4v) is 3.81. The lowest BCUT2D eigenvalue weighted by molar-refractivity contribution is 0.422. The van der Waals surface area contributed by atoms with Crippen molar-refractivity contribution in [2.75, 3.05) is 6.54 Å². The van der Waals surface area contributed by atoms with E-state index in [0.717, 1.165) is 25.8 Å². The first-order valence-electron chi connectivity index (χ1n) is 8.00. The van der Waals surface area contributed by atoms with E-state index in [9.17, 15) is 0 Å². The number of likely N-dealkylation sites (N-methyl/N-ethyl adjacent to an activating group) is 1. The van der Waals surface area contributed by atoms with Crippen LogP contribution in [0.15, 0.2) is 23.7 Å². The number of thiophene rings is 1. The van der Waals surface area contributed by atoms with Crippen LogP contribution in [0.5, 0.6) is 0 Å². The molecular formula is C17H27N3S. The average molecular weight is 305 g/mol. The number of aromatic nitrogens is 2. The molecule has 1 unspecified atom stereocenters. The first-order chi connectivity index (χ1) is 10.2. The highest BCUT2D eigenvalue weighted by Gasteiger charge is 2.17. The molecule has 0 saturated carbocycles. The third-order valence-corrected chi connectivity index (χ3v) is 5.19. The minimum Gasteiger partial charge on any atom is -0.309 e. The van der Waals surface area contributed by atoms with Gasteiger partial charge in [0.25, 0.3) is 0 Å². The van der Waals surface area contributed by atoms with Gasteiger partial charge in [-0.05, 0) is 49.4 Å². The van der Waals surface area contributed by atoms with Gasteiger partial charge in [-0.15, -0.1) is 11.3 Å². The van der Waals surface area contributed by atoms with Gasteiger partial charge in [-0.2, -0.15) is 5.10 Å². The fraction of sp³-hybridized carbons (Fsp3) is 0.588. The fourth-order valence-electron chi connectivity index (χ4n) is 2.81. The minimum atomic E-state index is 0.375. The summed E-state index contributed by atoms with van der Waals surface area (Å²) in [5.41, 5.74) is 2.56. The summed E-state index contributed by atoms with van der Waals surface area (Å²) in [4.78, 5) is 1.44. The van der Waals surface area contributed by atoms with Crippen LogP contribution in [0.2, 0.25) is 0 Å². The van der Waals surface area contributed by atoms with E-state index in [-0.39, 0.29) is 0 Å². The van der Waals surface area contributed by atoms with Crippen LogP contribution in [0.1, 0.15) is 61.8 Å². The van der Waals surface area contributed by atoms with Crippen molar-refractivity contribution in [3.63, 3.8) is 0 Å². The zero-order valence-electron chi connectivity index (χ0n) is 13.6. The van der Waals surface area contributed by atoms with Gasteiger partial charge >= 0.3 is 0 Å². The van der Waals surface area contributed by atoms with E-state index in [0.29, 0.717) is 12.1 Å². The molecule has 1 atom stereocenters. The minimum absolute atomic E-state index is 0.375. The smallest absolute Gasteiger partial charge is 0.0644 e. The molecule has 0 saturated heterocycles. The Kier molecular flexibility index (Phi) is 6.00. The molecule has 3 nitrogen and oxygen atoms in total. The number of aryl methyl sites for hydroxylation is 1. The second kappa shape index (κ2) is 7.76. The van der Waals surface area contributed by atoms with Crippen molar-refractivity contribution in [1.82, 2.24) is 15.1 Å². The average Bonchev–Trinajstić information content (AvgIpc) is 3.09. The van der Waals surface area contributed by atoms with Crippen molar-refractivity contribution in [3.8, 4) is 0 Å². The van der Waals surface area contributed by atoms with Gasteiger partial charge in [-0.3, -0.25) is 4.68 Å². The van der Waals surface area contributed by atoms with Crippen molar-refractivity contribution in [2.45, 2.75) is 59.0 Å². The van der Waals surface area contributed by atoms with Crippen LogP contribution in [0.25, 0.3) is 0 Å². The third-order valence-electron chi connectivity index (χ3n) is 4.06. The molecule has 4 heteroatoms. The maximum absolute atomic E-state index is 4.80. The molecule has 0 aliphatic carbocycles. The molecule has 0 radical (unpaired) electrons. The first kappa shape index (κ1) is 16.2. The lowest BCUT2D eigenvalue weighted by atomic mass is 10.1. The summed E-state index contributed by atoms with van der Waals surface area (Å²) < 4.78 is 2.14. The van der Waals surface area contributed by atoms with Crippen LogP contribution in [0.3, 0.4) is 0 Å². The molecule has 0 aliphatic rings. The Morgan fingerprint density at radius 1 is 1.24 bits per heavy atom. The number of hydrogen-bond donors (Lipinski definition) is 1. The first-order valence-corrected chi connectivity index (χ1v) is 8.88. The van der Waals surface area contributed by atoms with Crippen LogP contribution in [-0.2, 0) is 6.42 Å². The molecule has 2 rings (SSSR count). The molecule has 1 N–H and O–H groups in total. The van der Waals surface area contributed by atoms with E-state index in [2.05, 4.69) is 61.4 Å². The van der Waals surface area contributed by atoms with Gasteiger partial charge in [-0.1, -0.05) is 20.8 Å². The molecule has 0 spiro atoms. The van der Waals surface area contributed by atoms with Gasteiger partial charge in [0.05, 0.1) is 11.7 Å². The lowest BCUT2D eigenvalue weighted by Crippen LogP contribution is -2.23. The van der Waals surface area contributed by atoms with Gasteiger partial charge in [-0.25, -0.2) is 0 Å². The van der Waals surface area contributed by atoms with Crippen LogP contribution >= 0.6 is 11.3 Å². The van der Waals surface area contributed by atoms with Gasteiger partial charge in [0.15, 0.2) is 0 Å². The molecule has 0 fully saturated rings. The lowest BCUT2D eigenvalue weighted by Gasteiger charge is -2.17. The maximum atomic E-state index is 4.80. The Morgan fingerprint density at radius 3 is 2.57 bits per heavy atom. The highest BCUT2D eigenvalue weighted by molar-refractivity contribution is 7.10. The zero-order chi connectivity index (χ0) is 15.2. The van der Waals surface area contributed by atoms with Crippen LogP contribution in [-0.4, -0.2) is 16.3 Å². The normalized spacial score (nSPS) is 13.0. The van der Waals surface area contributed by atoms with Gasteiger partial charge in [0.1, 0.15) is 0 Å². The van der Waals surface area contributed by atoms with Crippen molar-refractivity contribution < 1.29 is 0 Å². The Balaban J connectivity index is 2.12. The van der Waals surface area contributed by atoms with Crippen molar-refractivity contribution in [3.05, 3.63) is 39.8 Å². The van der Waals surface area contributed by atoms with Gasteiger partial charge in [0.2, 0.25) is 0 Å². The van der Waals surface area contributed by atoms with Crippen molar-refractivity contribution in [1.29, 1.82) is 0 Å². The Morgan fingerprint density at radius 2 is 2.00 bits per heavy atom. The van der Waals surface area contributed by atoms with Crippen molar-refractivity contribution >= 4 is 11.3 Å². The predicted molar refractivity (Wildman–Crippen MR) is 91.0 cm³/mol. The summed E-state index contributed by atoms with van der Waals surface area (Å²) in [5.74, 6) is 0. The number of nitrogens with one attached hydrogen (secondary N) is 1. The van der Waals surface area contributed by atoms with Crippen LogP contribution in [0, 0.1) is 6.92 Å². The number of rotatable bonds is 8. The molecule has 2 aromatic heterocycles. The standard InChI is InChI=1S/C17H27N3S/c1-5-15(6-2)20-10-8-14(19-20)12-16(18-7-3)17-13(4)9-11-21-17/h8-11,15-16,18H,5-7,12H2,1-4H3. The Labute approximate surface area is 132 Å². The SMILES string of the molecule is CCNC(Cc1ccn(C(CC)CC)n1)c1sccc1C. The summed E-state index contributed by atoms with van der Waals surface area (Å²) in [6.45, 7) is 9.80. The summed E-state index contributed by atoms with van der Waals surface area (Å²) >= 11 is 1.84. The van der Waals surface area contributed by atoms with E-state index < -0.39 is 0 Å². The molecular weight excluding hydrogens is 278 g/mol. The Hall–Kier alpha value is -1.13. The van der Waals surface area contributed by atoms with Crippen LogP contribution in [0.4, 0.5) is 0 Å². The summed E-state index contributed by atoms with van der Waals surface area (Å²) in [5, 5.41) is 10.6. The molecule has 0 aliphatic heterocycles. The van der Waals surface area contributed by atoms with E-state index in [1.54, 1.807) is 0 Å². The molecule has 2 aromatic rings. The topological polar surface area (TPSA) is 29.9 Å². The van der Waals surface area contributed by atoms with Crippen molar-refractivity contribution in [2.24, 2.45) is 0 Å². The van der Waals surface area contributed by atoms with E-state index in [4.69, 9.17) is 5.10 Å². The largest absolute Gasteiger partial charge is 0.309 e. The second-order valence-electron chi connectivity index (χ2n) is 5.54. The predicted octanol–water partition coefficient (Wildman–Crippen LogP) is 4.51. The molecule has 0 amide bonds. The van der Waals surface area contributed by atoms with Gasteiger partial charge < -0.3 is 5.32 Å². The van der Waals surface area contributed by atoms with Gasteiger partial charge in [0, 0.05) is 23.5 Å². The Bertz CT molecular complexity index is 540. The van der Waals surface area contributed by atoms with E-state index in [1.165, 1.54) is 16.1 Å². The number of nitrogens with zero attached hydrogens (tertiary/aromatic N) is 2. The molecule has 0 aromatic carbocycles. The highest BCUT2D eigenvalue weighted by atomic mass is 32.1. The molecule has 116 valence electrons. The molecule has 21 heavy (non-hydrogen) atoms. The second-order valence-corrected chi connectivity index (χ2v) is 6.49. The quantitative estimate of drug-likeness (QED) is 0.778. The number of hydrogen-bond acceptors (Lipinski definition) is 3. The van der Waals surface area contributed by atoms with E-state index in [1.807, 2.05) is 11.3 Å². The molecule has 0 bridgehead atoms. The monoisotopic (exact) mass is 305 g/mol. The highest BCUT2D eigenvalue weighted by Crippen LogP contribution is 2.26.